The summed E-state index contributed by atoms with van der Waals surface area (Å²) in [5, 5.41) is 11.8. The minimum absolute atomic E-state index is 0.229. The normalized spacial score (nSPS) is 12.9. The monoisotopic (exact) mass is 351 g/mol. The van der Waals surface area contributed by atoms with Crippen molar-refractivity contribution in [3.05, 3.63) is 35.4 Å². The van der Waals surface area contributed by atoms with Gasteiger partial charge in [-0.05, 0) is 51.3 Å². The number of hydrogen-bond acceptors (Lipinski definition) is 6. The van der Waals surface area contributed by atoms with Crippen molar-refractivity contribution in [1.82, 2.24) is 5.32 Å². The molecule has 0 aromatic heterocycles. The van der Waals surface area contributed by atoms with Crippen molar-refractivity contribution >= 4 is 17.9 Å². The van der Waals surface area contributed by atoms with E-state index in [9.17, 15) is 14.4 Å². The lowest BCUT2D eigenvalue weighted by atomic mass is 10.0. The summed E-state index contributed by atoms with van der Waals surface area (Å²) in [6.07, 6.45) is 0.918. The number of benzene rings is 1. The van der Waals surface area contributed by atoms with Gasteiger partial charge < -0.3 is 14.6 Å². The Balaban J connectivity index is 2.70. The summed E-state index contributed by atoms with van der Waals surface area (Å²) in [4.78, 5) is 34.6. The molecular formula is C18H25NO6. The highest BCUT2D eigenvalue weighted by Gasteiger charge is 2.24. The van der Waals surface area contributed by atoms with E-state index in [0.717, 1.165) is 5.56 Å². The van der Waals surface area contributed by atoms with Crippen LogP contribution in [0.2, 0.25) is 0 Å². The molecule has 2 atom stereocenters. The van der Waals surface area contributed by atoms with Gasteiger partial charge in [0, 0.05) is 0 Å². The number of esters is 2. The molecule has 0 unspecified atom stereocenters. The van der Waals surface area contributed by atoms with Gasteiger partial charge in [-0.25, -0.2) is 4.79 Å². The van der Waals surface area contributed by atoms with Crippen LogP contribution in [0.25, 0.3) is 0 Å². The number of carboxylic acids is 1. The Labute approximate surface area is 147 Å². The zero-order chi connectivity index (χ0) is 18.8. The number of carboxylic acid groups (broad SMARTS) is 1. The standard InChI is InChI=1S/C18H25NO6/c1-4-24-17(22)14-9-6-13(7-10-14)8-11-15(18(23)25-5-2)19-12(3)16(20)21/h6-7,9-10,12,15,19H,4-5,8,11H2,1-3H3,(H,20,21)/t12-,15-/m0/s1. The molecule has 1 aromatic carbocycles. The Morgan fingerprint density at radius 3 is 2.20 bits per heavy atom. The van der Waals surface area contributed by atoms with Crippen LogP contribution < -0.4 is 5.32 Å². The highest BCUT2D eigenvalue weighted by atomic mass is 16.5. The number of carbonyl (C=O) groups excluding carboxylic acids is 2. The van der Waals surface area contributed by atoms with Gasteiger partial charge >= 0.3 is 17.9 Å². The number of hydrogen-bond donors (Lipinski definition) is 2. The van der Waals surface area contributed by atoms with Crippen LogP contribution in [0.5, 0.6) is 0 Å². The second-order valence-corrected chi connectivity index (χ2v) is 5.49. The Morgan fingerprint density at radius 1 is 1.08 bits per heavy atom. The van der Waals surface area contributed by atoms with Crippen LogP contribution in [0.4, 0.5) is 0 Å². The predicted molar refractivity (Wildman–Crippen MR) is 91.4 cm³/mol. The van der Waals surface area contributed by atoms with Gasteiger partial charge in [0.25, 0.3) is 0 Å². The van der Waals surface area contributed by atoms with Crippen molar-refractivity contribution in [2.75, 3.05) is 13.2 Å². The van der Waals surface area contributed by atoms with Crippen LogP contribution in [0.3, 0.4) is 0 Å². The number of carbonyl (C=O) groups is 3. The average molecular weight is 351 g/mol. The maximum absolute atomic E-state index is 12.0. The van der Waals surface area contributed by atoms with E-state index < -0.39 is 24.0 Å². The first-order chi connectivity index (χ1) is 11.9. The van der Waals surface area contributed by atoms with Gasteiger partial charge in [-0.15, -0.1) is 0 Å². The molecule has 0 aliphatic carbocycles. The number of ether oxygens (including phenoxy) is 2. The molecule has 138 valence electrons. The van der Waals surface area contributed by atoms with Crippen molar-refractivity contribution in [2.24, 2.45) is 0 Å². The summed E-state index contributed by atoms with van der Waals surface area (Å²) >= 11 is 0. The molecule has 0 aliphatic rings. The Kier molecular flexibility index (Phi) is 8.63. The molecule has 1 rings (SSSR count). The minimum Gasteiger partial charge on any atom is -0.480 e. The lowest BCUT2D eigenvalue weighted by Crippen LogP contribution is -2.46. The van der Waals surface area contributed by atoms with E-state index in [1.165, 1.54) is 6.92 Å². The molecule has 0 amide bonds. The summed E-state index contributed by atoms with van der Waals surface area (Å²) < 4.78 is 9.92. The van der Waals surface area contributed by atoms with Crippen LogP contribution in [0, 0.1) is 0 Å². The fourth-order valence-electron chi connectivity index (χ4n) is 2.22. The summed E-state index contributed by atoms with van der Waals surface area (Å²) in [6.45, 7) is 5.46. The molecule has 25 heavy (non-hydrogen) atoms. The zero-order valence-electron chi connectivity index (χ0n) is 14.8. The van der Waals surface area contributed by atoms with Gasteiger partial charge in [0.2, 0.25) is 0 Å². The third-order valence-corrected chi connectivity index (χ3v) is 3.58. The quantitative estimate of drug-likeness (QED) is 0.620. The predicted octanol–water partition coefficient (Wildman–Crippen LogP) is 1.79. The first-order valence-corrected chi connectivity index (χ1v) is 8.30. The van der Waals surface area contributed by atoms with Crippen molar-refractivity contribution < 1.29 is 29.0 Å². The highest BCUT2D eigenvalue weighted by molar-refractivity contribution is 5.89. The molecule has 2 N–H and O–H groups in total. The van der Waals surface area contributed by atoms with Gasteiger partial charge in [0.1, 0.15) is 12.1 Å². The molecule has 0 saturated heterocycles. The Morgan fingerprint density at radius 2 is 1.68 bits per heavy atom. The molecule has 0 spiro atoms. The molecule has 0 radical (unpaired) electrons. The van der Waals surface area contributed by atoms with Crippen LogP contribution in [0.15, 0.2) is 24.3 Å². The average Bonchev–Trinajstić information content (AvgIpc) is 2.59. The van der Waals surface area contributed by atoms with Crippen LogP contribution in [-0.4, -0.2) is 48.3 Å². The topological polar surface area (TPSA) is 102 Å². The molecular weight excluding hydrogens is 326 g/mol. The Hall–Kier alpha value is -2.41. The van der Waals surface area contributed by atoms with Gasteiger partial charge in [-0.2, -0.15) is 0 Å². The van der Waals surface area contributed by atoms with Gasteiger partial charge in [0.05, 0.1) is 18.8 Å². The highest BCUT2D eigenvalue weighted by Crippen LogP contribution is 2.10. The molecule has 7 nitrogen and oxygen atoms in total. The smallest absolute Gasteiger partial charge is 0.338 e. The van der Waals surface area contributed by atoms with E-state index >= 15 is 0 Å². The second-order valence-electron chi connectivity index (χ2n) is 5.49. The second kappa shape index (κ2) is 10.5. The SMILES string of the molecule is CCOC(=O)c1ccc(CC[C@H](N[C@@H](C)C(=O)O)C(=O)OCC)cc1. The van der Waals surface area contributed by atoms with Crippen molar-refractivity contribution in [3.63, 3.8) is 0 Å². The van der Waals surface area contributed by atoms with Crippen LogP contribution >= 0.6 is 0 Å². The van der Waals surface area contributed by atoms with Gasteiger partial charge in [0.15, 0.2) is 0 Å². The van der Waals surface area contributed by atoms with E-state index in [1.54, 1.807) is 38.1 Å². The third-order valence-electron chi connectivity index (χ3n) is 3.58. The number of aliphatic carboxylic acids is 1. The molecule has 0 fully saturated rings. The van der Waals surface area contributed by atoms with E-state index in [-0.39, 0.29) is 12.6 Å². The van der Waals surface area contributed by atoms with E-state index in [1.807, 2.05) is 0 Å². The fourth-order valence-corrected chi connectivity index (χ4v) is 2.22. The van der Waals surface area contributed by atoms with Gasteiger partial charge in [-0.3, -0.25) is 14.9 Å². The fraction of sp³-hybridized carbons (Fsp3) is 0.500. The third kappa shape index (κ3) is 6.93. The first kappa shape index (κ1) is 20.6. The summed E-state index contributed by atoms with van der Waals surface area (Å²) in [5.74, 6) is -1.89. The van der Waals surface area contributed by atoms with Crippen molar-refractivity contribution in [1.29, 1.82) is 0 Å². The number of rotatable bonds is 10. The molecule has 0 heterocycles. The molecule has 7 heteroatoms. The van der Waals surface area contributed by atoms with Gasteiger partial charge in [-0.1, -0.05) is 12.1 Å². The van der Waals surface area contributed by atoms with Crippen LogP contribution in [0.1, 0.15) is 43.1 Å². The molecule has 0 aliphatic heterocycles. The number of nitrogens with one attached hydrogen (secondary N) is 1. The van der Waals surface area contributed by atoms with Crippen molar-refractivity contribution in [2.45, 2.75) is 45.7 Å². The maximum atomic E-state index is 12.0. The number of aryl methyl sites for hydroxylation is 1. The zero-order valence-corrected chi connectivity index (χ0v) is 14.8. The van der Waals surface area contributed by atoms with Crippen LogP contribution in [-0.2, 0) is 25.5 Å². The maximum Gasteiger partial charge on any atom is 0.338 e. The largest absolute Gasteiger partial charge is 0.480 e. The molecule has 1 aromatic rings. The minimum atomic E-state index is -1.03. The molecule has 0 saturated carbocycles. The first-order valence-electron chi connectivity index (χ1n) is 8.30. The van der Waals surface area contributed by atoms with E-state index in [0.29, 0.717) is 25.0 Å². The van der Waals surface area contributed by atoms with E-state index in [2.05, 4.69) is 5.32 Å². The van der Waals surface area contributed by atoms with E-state index in [4.69, 9.17) is 14.6 Å². The summed E-state index contributed by atoms with van der Waals surface area (Å²) in [6, 6.07) is 5.33. The Bertz CT molecular complexity index is 584. The summed E-state index contributed by atoms with van der Waals surface area (Å²) in [7, 11) is 0. The summed E-state index contributed by atoms with van der Waals surface area (Å²) in [5.41, 5.74) is 1.39. The lowest BCUT2D eigenvalue weighted by Gasteiger charge is -2.19. The molecule has 0 bridgehead atoms. The lowest BCUT2D eigenvalue weighted by molar-refractivity contribution is -0.147. The van der Waals surface area contributed by atoms with Crippen molar-refractivity contribution in [3.8, 4) is 0 Å².